The highest BCUT2D eigenvalue weighted by molar-refractivity contribution is 5.21. The van der Waals surface area contributed by atoms with Crippen LogP contribution in [0.1, 0.15) is 46.5 Å². The maximum Gasteiger partial charge on any atom is 0.120 e. The highest BCUT2D eigenvalue weighted by Crippen LogP contribution is 2.59. The molecule has 0 aromatic carbocycles. The van der Waals surface area contributed by atoms with E-state index in [1.165, 1.54) is 12.8 Å². The normalized spacial score (nSPS) is 50.8. The van der Waals surface area contributed by atoms with Gasteiger partial charge in [-0.2, -0.15) is 0 Å². The predicted molar refractivity (Wildman–Crippen MR) is 68.7 cm³/mol. The van der Waals surface area contributed by atoms with E-state index in [2.05, 4.69) is 27.4 Å². The van der Waals surface area contributed by atoms with Crippen LogP contribution in [0.25, 0.3) is 0 Å². The first-order chi connectivity index (χ1) is 8.36. The van der Waals surface area contributed by atoms with Crippen molar-refractivity contribution in [1.82, 2.24) is 0 Å². The molecule has 5 atom stereocenters. The van der Waals surface area contributed by atoms with Crippen LogP contribution in [0.4, 0.5) is 0 Å². The molecule has 3 rings (SSSR count). The highest BCUT2D eigenvalue weighted by atomic mass is 17.2. The number of fused-ring (bicyclic) bond motifs is 4. The Kier molecular flexibility index (Phi) is 2.68. The Morgan fingerprint density at radius 1 is 1.22 bits per heavy atom. The molecule has 0 unspecified atom stereocenters. The first-order valence-electron chi connectivity index (χ1n) is 7.05. The van der Waals surface area contributed by atoms with E-state index in [4.69, 9.17) is 9.78 Å². The molecule has 0 amide bonds. The summed E-state index contributed by atoms with van der Waals surface area (Å²) in [6, 6.07) is 0. The third-order valence-corrected chi connectivity index (χ3v) is 5.64. The summed E-state index contributed by atoms with van der Waals surface area (Å²) < 4.78 is 0. The van der Waals surface area contributed by atoms with E-state index in [0.29, 0.717) is 6.42 Å². The Labute approximate surface area is 109 Å². The second kappa shape index (κ2) is 3.81. The summed E-state index contributed by atoms with van der Waals surface area (Å²) in [6.07, 6.45) is 3.56. The van der Waals surface area contributed by atoms with Gasteiger partial charge < -0.3 is 5.11 Å². The van der Waals surface area contributed by atoms with Gasteiger partial charge in [-0.25, -0.2) is 9.78 Å². The van der Waals surface area contributed by atoms with Crippen molar-refractivity contribution in [3.63, 3.8) is 0 Å². The van der Waals surface area contributed by atoms with E-state index < -0.39 is 0 Å². The van der Waals surface area contributed by atoms with Crippen LogP contribution < -0.4 is 0 Å². The number of rotatable bonds is 0. The summed E-state index contributed by atoms with van der Waals surface area (Å²) in [5.74, 6) is 0.286. The fourth-order valence-corrected chi connectivity index (χ4v) is 4.62. The molecule has 0 radical (unpaired) electrons. The van der Waals surface area contributed by atoms with E-state index >= 15 is 0 Å². The van der Waals surface area contributed by atoms with Crippen molar-refractivity contribution in [3.8, 4) is 0 Å². The van der Waals surface area contributed by atoms with Gasteiger partial charge in [0.25, 0.3) is 0 Å². The third kappa shape index (κ3) is 1.54. The van der Waals surface area contributed by atoms with Crippen molar-refractivity contribution in [2.24, 2.45) is 16.7 Å². The molecule has 1 N–H and O–H groups in total. The maximum atomic E-state index is 10.6. The van der Waals surface area contributed by atoms with Gasteiger partial charge in [-0.1, -0.05) is 33.8 Å². The smallest absolute Gasteiger partial charge is 0.120 e. The van der Waals surface area contributed by atoms with Crippen LogP contribution in [-0.2, 0) is 9.78 Å². The van der Waals surface area contributed by atoms with E-state index in [0.717, 1.165) is 12.0 Å². The molecule has 2 bridgehead atoms. The summed E-state index contributed by atoms with van der Waals surface area (Å²) >= 11 is 0. The molecule has 3 aliphatic rings. The fourth-order valence-electron chi connectivity index (χ4n) is 4.62. The molecule has 3 nitrogen and oxygen atoms in total. The topological polar surface area (TPSA) is 38.7 Å². The summed E-state index contributed by atoms with van der Waals surface area (Å²) in [5, 5.41) is 10.6. The van der Waals surface area contributed by atoms with Gasteiger partial charge in [0, 0.05) is 12.3 Å². The third-order valence-electron chi connectivity index (χ3n) is 5.64. The Bertz CT molecular complexity index is 376. The molecule has 102 valence electrons. The lowest BCUT2D eigenvalue weighted by molar-refractivity contribution is -0.334. The van der Waals surface area contributed by atoms with Crippen molar-refractivity contribution < 1.29 is 14.9 Å². The maximum absolute atomic E-state index is 10.6. The second-order valence-electron chi connectivity index (χ2n) is 7.25. The van der Waals surface area contributed by atoms with Gasteiger partial charge in [0.05, 0.1) is 6.10 Å². The lowest BCUT2D eigenvalue weighted by atomic mass is 9.53. The van der Waals surface area contributed by atoms with E-state index in [-0.39, 0.29) is 35.1 Å². The van der Waals surface area contributed by atoms with Crippen LogP contribution in [-0.4, -0.2) is 23.4 Å². The number of aliphatic hydroxyl groups is 1. The second-order valence-corrected chi connectivity index (χ2v) is 7.25. The van der Waals surface area contributed by atoms with Crippen LogP contribution in [0.5, 0.6) is 0 Å². The SMILES string of the molecule is C=C1[C@H]2OO[C@@H]1C[C@@H](O)[C@]1(C)CCCC(C)(C)[C@@H]21. The van der Waals surface area contributed by atoms with Gasteiger partial charge in [-0.15, -0.1) is 0 Å². The van der Waals surface area contributed by atoms with Crippen LogP contribution in [0, 0.1) is 16.7 Å². The molecule has 3 heteroatoms. The van der Waals surface area contributed by atoms with Crippen molar-refractivity contribution >= 4 is 0 Å². The monoisotopic (exact) mass is 252 g/mol. The van der Waals surface area contributed by atoms with Crippen LogP contribution in [0.15, 0.2) is 12.2 Å². The van der Waals surface area contributed by atoms with Crippen molar-refractivity contribution in [2.75, 3.05) is 0 Å². The zero-order valence-corrected chi connectivity index (χ0v) is 11.6. The minimum atomic E-state index is -0.322. The Morgan fingerprint density at radius 2 is 1.94 bits per heavy atom. The lowest BCUT2D eigenvalue weighted by Crippen LogP contribution is -2.53. The minimum absolute atomic E-state index is 0.0487. The molecule has 0 aromatic rings. The van der Waals surface area contributed by atoms with Gasteiger partial charge in [0.2, 0.25) is 0 Å². The van der Waals surface area contributed by atoms with Crippen LogP contribution in [0.3, 0.4) is 0 Å². The molecule has 3 fully saturated rings. The number of hydrogen-bond acceptors (Lipinski definition) is 3. The Balaban J connectivity index is 2.08. The first kappa shape index (κ1) is 12.6. The standard InChI is InChI=1S/C15H24O3/c1-9-10-8-11(16)15(4)7-5-6-14(2,3)13(15)12(9)18-17-10/h10-13,16H,1,5-8H2,2-4H3/t10-,11-,12-,13-,15+/m1/s1. The zero-order valence-electron chi connectivity index (χ0n) is 11.6. The lowest BCUT2D eigenvalue weighted by Gasteiger charge is -2.53. The first-order valence-corrected chi connectivity index (χ1v) is 7.05. The average Bonchev–Trinajstić information content (AvgIpc) is 2.56. The molecule has 0 spiro atoms. The molecule has 18 heavy (non-hydrogen) atoms. The predicted octanol–water partition coefficient (Wildman–Crippen LogP) is 2.84. The number of aliphatic hydroxyl groups excluding tert-OH is 1. The van der Waals surface area contributed by atoms with Crippen LogP contribution >= 0.6 is 0 Å². The molecule has 1 heterocycles. The number of hydrogen-bond donors (Lipinski definition) is 1. The highest BCUT2D eigenvalue weighted by Gasteiger charge is 2.59. The van der Waals surface area contributed by atoms with E-state index in [1.54, 1.807) is 0 Å². The molecule has 2 aliphatic carbocycles. The summed E-state index contributed by atoms with van der Waals surface area (Å²) in [4.78, 5) is 10.9. The largest absolute Gasteiger partial charge is 0.392 e. The quantitative estimate of drug-likeness (QED) is 0.532. The summed E-state index contributed by atoms with van der Waals surface area (Å²) in [6.45, 7) is 11.0. The van der Waals surface area contributed by atoms with Gasteiger partial charge in [-0.05, 0) is 29.2 Å². The van der Waals surface area contributed by atoms with Crippen molar-refractivity contribution in [3.05, 3.63) is 12.2 Å². The minimum Gasteiger partial charge on any atom is -0.392 e. The van der Waals surface area contributed by atoms with Crippen LogP contribution in [0.2, 0.25) is 0 Å². The Morgan fingerprint density at radius 3 is 2.67 bits per heavy atom. The fraction of sp³-hybridized carbons (Fsp3) is 0.867. The van der Waals surface area contributed by atoms with Gasteiger partial charge in [-0.3, -0.25) is 0 Å². The molecule has 1 saturated heterocycles. The Hall–Kier alpha value is -0.380. The molecule has 1 aliphatic heterocycles. The zero-order chi connectivity index (χ0) is 13.1. The summed E-state index contributed by atoms with van der Waals surface area (Å²) in [7, 11) is 0. The molecule has 0 aromatic heterocycles. The molecule has 2 saturated carbocycles. The van der Waals surface area contributed by atoms with Crippen molar-refractivity contribution in [2.45, 2.75) is 64.8 Å². The van der Waals surface area contributed by atoms with Gasteiger partial charge >= 0.3 is 0 Å². The average molecular weight is 252 g/mol. The molecular weight excluding hydrogens is 228 g/mol. The molecular formula is C15H24O3. The van der Waals surface area contributed by atoms with E-state index in [1.807, 2.05) is 0 Å². The van der Waals surface area contributed by atoms with Gasteiger partial charge in [0.15, 0.2) is 0 Å². The van der Waals surface area contributed by atoms with Crippen molar-refractivity contribution in [1.29, 1.82) is 0 Å². The van der Waals surface area contributed by atoms with E-state index in [9.17, 15) is 5.11 Å². The summed E-state index contributed by atoms with van der Waals surface area (Å²) in [5.41, 5.74) is 1.11. The van der Waals surface area contributed by atoms with Gasteiger partial charge in [0.1, 0.15) is 12.2 Å².